The number of carboxylic acids is 1. The molecule has 0 aliphatic heterocycles. The van der Waals surface area contributed by atoms with Crippen molar-refractivity contribution in [2.75, 3.05) is 18.5 Å². The maximum Gasteiger partial charge on any atom is 0.335 e. The molecule has 1 fully saturated rings. The number of aliphatic hydroxyl groups excluding tert-OH is 1. The van der Waals surface area contributed by atoms with Crippen molar-refractivity contribution in [2.45, 2.75) is 19.3 Å². The second-order valence-corrected chi connectivity index (χ2v) is 5.42. The Kier molecular flexibility index (Phi) is 4.66. The number of nitrogens with one attached hydrogen (secondary N) is 1. The molecule has 2 atom stereocenters. The molecule has 3 N–H and O–H groups in total. The van der Waals surface area contributed by atoms with E-state index in [-0.39, 0.29) is 12.2 Å². The van der Waals surface area contributed by atoms with Crippen molar-refractivity contribution in [3.8, 4) is 0 Å². The first kappa shape index (κ1) is 14.2. The van der Waals surface area contributed by atoms with Gasteiger partial charge in [0.1, 0.15) is 0 Å². The van der Waals surface area contributed by atoms with Crippen LogP contribution < -0.4 is 5.32 Å². The lowest BCUT2D eigenvalue weighted by molar-refractivity contribution is 0.0697. The molecule has 5 heteroatoms. The topological polar surface area (TPSA) is 69.6 Å². The van der Waals surface area contributed by atoms with Gasteiger partial charge in [-0.3, -0.25) is 0 Å². The van der Waals surface area contributed by atoms with Crippen LogP contribution in [-0.2, 0) is 0 Å². The van der Waals surface area contributed by atoms with Crippen molar-refractivity contribution in [2.24, 2.45) is 11.8 Å². The highest BCUT2D eigenvalue weighted by Crippen LogP contribution is 2.32. The zero-order valence-corrected chi connectivity index (χ0v) is 11.4. The first-order valence-electron chi connectivity index (χ1n) is 6.49. The average Bonchev–Trinajstić information content (AvgIpc) is 2.84. The Bertz CT molecular complexity index is 464. The Hall–Kier alpha value is -1.26. The highest BCUT2D eigenvalue weighted by atomic mass is 35.5. The Morgan fingerprint density at radius 3 is 2.74 bits per heavy atom. The molecule has 104 valence electrons. The molecule has 19 heavy (non-hydrogen) atoms. The summed E-state index contributed by atoms with van der Waals surface area (Å²) in [5.74, 6) is -0.158. The first-order valence-corrected chi connectivity index (χ1v) is 6.87. The molecule has 1 aliphatic carbocycles. The second kappa shape index (κ2) is 6.26. The lowest BCUT2D eigenvalue weighted by atomic mass is 9.97. The lowest BCUT2D eigenvalue weighted by Crippen LogP contribution is -2.20. The maximum atomic E-state index is 10.8. The molecule has 0 heterocycles. The third-order valence-corrected chi connectivity index (χ3v) is 4.13. The van der Waals surface area contributed by atoms with E-state index in [0.717, 1.165) is 31.5 Å². The van der Waals surface area contributed by atoms with E-state index in [2.05, 4.69) is 5.32 Å². The van der Waals surface area contributed by atoms with E-state index in [4.69, 9.17) is 16.7 Å². The molecule has 2 rings (SSSR count). The van der Waals surface area contributed by atoms with E-state index in [9.17, 15) is 9.90 Å². The minimum Gasteiger partial charge on any atom is -0.478 e. The summed E-state index contributed by atoms with van der Waals surface area (Å²) in [7, 11) is 0. The fraction of sp³-hybridized carbons (Fsp3) is 0.500. The normalized spacial score (nSPS) is 22.4. The molecule has 0 bridgehead atoms. The molecule has 1 aromatic rings. The van der Waals surface area contributed by atoms with Gasteiger partial charge in [0, 0.05) is 13.2 Å². The maximum absolute atomic E-state index is 10.8. The van der Waals surface area contributed by atoms with Crippen LogP contribution in [0.4, 0.5) is 5.69 Å². The minimum atomic E-state index is -0.982. The van der Waals surface area contributed by atoms with Crippen molar-refractivity contribution in [1.29, 1.82) is 0 Å². The van der Waals surface area contributed by atoms with Crippen molar-refractivity contribution in [1.82, 2.24) is 0 Å². The summed E-state index contributed by atoms with van der Waals surface area (Å²) in [6.07, 6.45) is 3.35. The molecule has 1 saturated carbocycles. The van der Waals surface area contributed by atoms with Crippen LogP contribution in [0.1, 0.15) is 29.6 Å². The molecule has 1 aliphatic rings. The first-order chi connectivity index (χ1) is 9.11. The molecular weight excluding hydrogens is 266 g/mol. The summed E-state index contributed by atoms with van der Waals surface area (Å²) in [5, 5.41) is 21.8. The van der Waals surface area contributed by atoms with Gasteiger partial charge in [0.2, 0.25) is 0 Å². The zero-order chi connectivity index (χ0) is 13.8. The minimum absolute atomic E-state index is 0.185. The Morgan fingerprint density at radius 2 is 2.11 bits per heavy atom. The van der Waals surface area contributed by atoms with Crippen LogP contribution in [0.25, 0.3) is 0 Å². The quantitative estimate of drug-likeness (QED) is 0.777. The molecule has 4 nitrogen and oxygen atoms in total. The van der Waals surface area contributed by atoms with E-state index >= 15 is 0 Å². The van der Waals surface area contributed by atoms with Crippen LogP contribution in [0.5, 0.6) is 0 Å². The highest BCUT2D eigenvalue weighted by Gasteiger charge is 2.26. The predicted octanol–water partition coefficient (Wildman–Crippen LogP) is 2.86. The largest absolute Gasteiger partial charge is 0.478 e. The molecule has 0 radical (unpaired) electrons. The zero-order valence-electron chi connectivity index (χ0n) is 10.6. The Labute approximate surface area is 117 Å². The van der Waals surface area contributed by atoms with E-state index in [1.165, 1.54) is 12.1 Å². The van der Waals surface area contributed by atoms with Crippen LogP contribution >= 0.6 is 11.6 Å². The van der Waals surface area contributed by atoms with Gasteiger partial charge in [-0.05, 0) is 42.9 Å². The van der Waals surface area contributed by atoms with Crippen LogP contribution in [0.2, 0.25) is 5.02 Å². The number of carboxylic acid groups (broad SMARTS) is 1. The van der Waals surface area contributed by atoms with E-state index in [0.29, 0.717) is 16.9 Å². The lowest BCUT2D eigenvalue weighted by Gasteiger charge is -2.19. The SMILES string of the molecule is O=C(O)c1ccc(NCC2CCCC2CO)c(Cl)c1. The van der Waals surface area contributed by atoms with Crippen molar-refractivity contribution >= 4 is 23.3 Å². The summed E-state index contributed by atoms with van der Waals surface area (Å²) < 4.78 is 0. The van der Waals surface area contributed by atoms with Gasteiger partial charge in [-0.2, -0.15) is 0 Å². The number of anilines is 1. The Morgan fingerprint density at radius 1 is 1.37 bits per heavy atom. The number of aliphatic hydroxyl groups is 1. The van der Waals surface area contributed by atoms with Gasteiger partial charge < -0.3 is 15.5 Å². The number of hydrogen-bond acceptors (Lipinski definition) is 3. The van der Waals surface area contributed by atoms with Crippen molar-refractivity contribution < 1.29 is 15.0 Å². The molecule has 0 aromatic heterocycles. The van der Waals surface area contributed by atoms with E-state index in [1.54, 1.807) is 6.07 Å². The number of benzene rings is 1. The number of aromatic carboxylic acids is 1. The number of carbonyl (C=O) groups is 1. The predicted molar refractivity (Wildman–Crippen MR) is 74.8 cm³/mol. The fourth-order valence-corrected chi connectivity index (χ4v) is 2.90. The summed E-state index contributed by atoms with van der Waals surface area (Å²) in [4.78, 5) is 10.8. The van der Waals surface area contributed by atoms with Gasteiger partial charge in [-0.15, -0.1) is 0 Å². The highest BCUT2D eigenvalue weighted by molar-refractivity contribution is 6.33. The van der Waals surface area contributed by atoms with Crippen LogP contribution in [-0.4, -0.2) is 29.3 Å². The summed E-state index contributed by atoms with van der Waals surface area (Å²) in [6, 6.07) is 4.67. The molecule has 0 spiro atoms. The summed E-state index contributed by atoms with van der Waals surface area (Å²) in [5.41, 5.74) is 0.930. The van der Waals surface area contributed by atoms with Gasteiger partial charge >= 0.3 is 5.97 Å². The summed E-state index contributed by atoms with van der Waals surface area (Å²) in [6.45, 7) is 0.995. The van der Waals surface area contributed by atoms with Crippen LogP contribution in [0.15, 0.2) is 18.2 Å². The smallest absolute Gasteiger partial charge is 0.335 e. The van der Waals surface area contributed by atoms with Gasteiger partial charge in [0.15, 0.2) is 0 Å². The second-order valence-electron chi connectivity index (χ2n) is 5.01. The molecule has 1 aromatic carbocycles. The third kappa shape index (κ3) is 3.39. The van der Waals surface area contributed by atoms with Crippen LogP contribution in [0, 0.1) is 11.8 Å². The van der Waals surface area contributed by atoms with E-state index < -0.39 is 5.97 Å². The molecule has 0 amide bonds. The van der Waals surface area contributed by atoms with E-state index in [1.807, 2.05) is 0 Å². The number of hydrogen-bond donors (Lipinski definition) is 3. The third-order valence-electron chi connectivity index (χ3n) is 3.82. The molecule has 2 unspecified atom stereocenters. The number of rotatable bonds is 5. The van der Waals surface area contributed by atoms with Crippen molar-refractivity contribution in [3.05, 3.63) is 28.8 Å². The van der Waals surface area contributed by atoms with Gasteiger partial charge in [0.25, 0.3) is 0 Å². The monoisotopic (exact) mass is 283 g/mol. The average molecular weight is 284 g/mol. The van der Waals surface area contributed by atoms with Gasteiger partial charge in [0.05, 0.1) is 16.3 Å². The summed E-state index contributed by atoms with van der Waals surface area (Å²) >= 11 is 6.05. The molecular formula is C14H18ClNO3. The molecule has 0 saturated heterocycles. The van der Waals surface area contributed by atoms with Gasteiger partial charge in [-0.1, -0.05) is 18.0 Å². The standard InChI is InChI=1S/C14H18ClNO3/c15-12-6-9(14(18)19)4-5-13(12)16-7-10-2-1-3-11(10)8-17/h4-6,10-11,16-17H,1-3,7-8H2,(H,18,19). The van der Waals surface area contributed by atoms with Crippen LogP contribution in [0.3, 0.4) is 0 Å². The fourth-order valence-electron chi connectivity index (χ4n) is 2.66. The Balaban J connectivity index is 1.98. The number of halogens is 1. The van der Waals surface area contributed by atoms with Gasteiger partial charge in [-0.25, -0.2) is 4.79 Å². The van der Waals surface area contributed by atoms with Crippen molar-refractivity contribution in [3.63, 3.8) is 0 Å².